The van der Waals surface area contributed by atoms with Crippen molar-refractivity contribution in [1.82, 2.24) is 10.2 Å². The molecule has 0 unspecified atom stereocenters. The van der Waals surface area contributed by atoms with Crippen molar-refractivity contribution in [2.45, 2.75) is 19.4 Å². The van der Waals surface area contributed by atoms with Gasteiger partial charge >= 0.3 is 0 Å². The third kappa shape index (κ3) is 5.68. The number of nitrogens with zero attached hydrogens (tertiary/aromatic N) is 1. The molecule has 3 aromatic rings. The van der Waals surface area contributed by atoms with Crippen LogP contribution in [0, 0.1) is 5.92 Å². The van der Waals surface area contributed by atoms with E-state index in [1.54, 1.807) is 11.0 Å². The summed E-state index contributed by atoms with van der Waals surface area (Å²) >= 11 is 5.93. The number of carbonyl (C=O) groups is 2. The molecule has 1 fully saturated rings. The summed E-state index contributed by atoms with van der Waals surface area (Å²) in [7, 11) is 0. The molecule has 0 aliphatic carbocycles. The van der Waals surface area contributed by atoms with Gasteiger partial charge in [-0.1, -0.05) is 41.9 Å². The maximum absolute atomic E-state index is 12.6. The molecule has 1 saturated heterocycles. The minimum Gasteiger partial charge on any atom is -0.459 e. The molecule has 2 heterocycles. The highest BCUT2D eigenvalue weighted by Crippen LogP contribution is 2.24. The van der Waals surface area contributed by atoms with Gasteiger partial charge in [-0.05, 0) is 60.9 Å². The normalized spacial score (nSPS) is 14.6. The fourth-order valence-electron chi connectivity index (χ4n) is 3.76. The van der Waals surface area contributed by atoms with E-state index in [-0.39, 0.29) is 17.7 Å². The number of rotatable bonds is 6. The second kappa shape index (κ2) is 10.3. The number of benzene rings is 2. The molecule has 164 valence electrons. The summed E-state index contributed by atoms with van der Waals surface area (Å²) in [5.41, 5.74) is 1.93. The van der Waals surface area contributed by atoms with Crippen LogP contribution in [-0.4, -0.2) is 29.8 Å². The standard InChI is InChI=1S/C26H25ClN2O3/c27-22-9-7-20(8-10-22)24-12-11-23(32-24)18-28-26(31)21-14-16-29(17-15-21)25(30)13-6-19-4-2-1-3-5-19/h1-13,21H,14-18H2,(H,28,31). The number of amides is 2. The van der Waals surface area contributed by atoms with Crippen molar-refractivity contribution in [3.8, 4) is 11.3 Å². The van der Waals surface area contributed by atoms with Crippen LogP contribution in [0.3, 0.4) is 0 Å². The average Bonchev–Trinajstić information content (AvgIpc) is 3.31. The number of hydrogen-bond donors (Lipinski definition) is 1. The fraction of sp³-hybridized carbons (Fsp3) is 0.231. The van der Waals surface area contributed by atoms with Crippen molar-refractivity contribution in [2.75, 3.05) is 13.1 Å². The van der Waals surface area contributed by atoms with Gasteiger partial charge in [0.1, 0.15) is 11.5 Å². The van der Waals surface area contributed by atoms with E-state index in [0.717, 1.165) is 16.9 Å². The third-order valence-corrected chi connectivity index (χ3v) is 5.87. The summed E-state index contributed by atoms with van der Waals surface area (Å²) in [5.74, 6) is 1.32. The average molecular weight is 449 g/mol. The third-order valence-electron chi connectivity index (χ3n) is 5.62. The molecule has 0 saturated carbocycles. The zero-order chi connectivity index (χ0) is 22.3. The number of furan rings is 1. The minimum absolute atomic E-state index is 0.00127. The number of nitrogens with one attached hydrogen (secondary N) is 1. The van der Waals surface area contributed by atoms with Gasteiger partial charge in [0.05, 0.1) is 6.54 Å². The second-order valence-corrected chi connectivity index (χ2v) is 8.27. The van der Waals surface area contributed by atoms with Crippen LogP contribution < -0.4 is 5.32 Å². The van der Waals surface area contributed by atoms with Crippen LogP contribution in [0.5, 0.6) is 0 Å². The van der Waals surface area contributed by atoms with Gasteiger partial charge in [-0.25, -0.2) is 0 Å². The molecule has 4 rings (SSSR count). The first kappa shape index (κ1) is 21.9. The minimum atomic E-state index is -0.0946. The zero-order valence-electron chi connectivity index (χ0n) is 17.7. The van der Waals surface area contributed by atoms with E-state index in [1.165, 1.54) is 0 Å². The van der Waals surface area contributed by atoms with Gasteiger partial charge in [-0.2, -0.15) is 0 Å². The van der Waals surface area contributed by atoms with Crippen molar-refractivity contribution in [1.29, 1.82) is 0 Å². The monoisotopic (exact) mass is 448 g/mol. The van der Waals surface area contributed by atoms with Gasteiger partial charge in [0.2, 0.25) is 11.8 Å². The van der Waals surface area contributed by atoms with E-state index in [2.05, 4.69) is 5.32 Å². The van der Waals surface area contributed by atoms with Crippen molar-refractivity contribution < 1.29 is 14.0 Å². The van der Waals surface area contributed by atoms with Crippen LogP contribution in [0.25, 0.3) is 17.4 Å². The number of piperidine rings is 1. The summed E-state index contributed by atoms with van der Waals surface area (Å²) in [6.07, 6.45) is 4.74. The molecule has 0 radical (unpaired) electrons. The molecule has 1 aliphatic rings. The van der Waals surface area contributed by atoms with Crippen LogP contribution in [0.15, 0.2) is 77.2 Å². The molecule has 2 amide bonds. The Bertz CT molecular complexity index is 1080. The van der Waals surface area contributed by atoms with E-state index in [1.807, 2.05) is 72.8 Å². The van der Waals surface area contributed by atoms with Crippen molar-refractivity contribution in [3.63, 3.8) is 0 Å². The molecule has 2 aromatic carbocycles. The van der Waals surface area contributed by atoms with Gasteiger partial charge in [-0.3, -0.25) is 9.59 Å². The Labute approximate surface area is 192 Å². The van der Waals surface area contributed by atoms with E-state index < -0.39 is 0 Å². The predicted molar refractivity (Wildman–Crippen MR) is 126 cm³/mol. The summed E-state index contributed by atoms with van der Waals surface area (Å²) in [5, 5.41) is 3.64. The Morgan fingerprint density at radius 1 is 1.00 bits per heavy atom. The first-order valence-electron chi connectivity index (χ1n) is 10.7. The van der Waals surface area contributed by atoms with Gasteiger partial charge in [0, 0.05) is 35.7 Å². The molecule has 32 heavy (non-hydrogen) atoms. The first-order valence-corrected chi connectivity index (χ1v) is 11.1. The second-order valence-electron chi connectivity index (χ2n) is 7.83. The summed E-state index contributed by atoms with van der Waals surface area (Å²) in [4.78, 5) is 26.8. The van der Waals surface area contributed by atoms with Crippen LogP contribution in [0.2, 0.25) is 5.02 Å². The largest absolute Gasteiger partial charge is 0.459 e. The SMILES string of the molecule is O=C(NCc1ccc(-c2ccc(Cl)cc2)o1)C1CCN(C(=O)C=Cc2ccccc2)CC1. The quantitative estimate of drug-likeness (QED) is 0.529. The van der Waals surface area contributed by atoms with E-state index in [9.17, 15) is 9.59 Å². The van der Waals surface area contributed by atoms with Crippen LogP contribution >= 0.6 is 11.6 Å². The topological polar surface area (TPSA) is 62.6 Å². The molecule has 5 nitrogen and oxygen atoms in total. The number of halogens is 1. The van der Waals surface area contributed by atoms with Gasteiger partial charge in [-0.15, -0.1) is 0 Å². The summed E-state index contributed by atoms with van der Waals surface area (Å²) < 4.78 is 5.84. The molecule has 0 bridgehead atoms. The van der Waals surface area contributed by atoms with E-state index in [4.69, 9.17) is 16.0 Å². The maximum Gasteiger partial charge on any atom is 0.246 e. The molecule has 0 spiro atoms. The van der Waals surface area contributed by atoms with Crippen molar-refractivity contribution in [3.05, 3.63) is 89.2 Å². The van der Waals surface area contributed by atoms with Crippen molar-refractivity contribution in [2.24, 2.45) is 5.92 Å². The number of likely N-dealkylation sites (tertiary alicyclic amines) is 1. The summed E-state index contributed by atoms with van der Waals surface area (Å²) in [6.45, 7) is 1.50. The highest BCUT2D eigenvalue weighted by Gasteiger charge is 2.26. The molecular formula is C26H25ClN2O3. The maximum atomic E-state index is 12.6. The fourth-order valence-corrected chi connectivity index (χ4v) is 3.89. The highest BCUT2D eigenvalue weighted by atomic mass is 35.5. The first-order chi connectivity index (χ1) is 15.6. The van der Waals surface area contributed by atoms with E-state index >= 15 is 0 Å². The van der Waals surface area contributed by atoms with Crippen LogP contribution in [0.1, 0.15) is 24.2 Å². The van der Waals surface area contributed by atoms with Gasteiger partial charge < -0.3 is 14.6 Å². The van der Waals surface area contributed by atoms with Crippen LogP contribution in [-0.2, 0) is 16.1 Å². The molecule has 6 heteroatoms. The Balaban J connectivity index is 1.23. The molecule has 0 atom stereocenters. The lowest BCUT2D eigenvalue weighted by Crippen LogP contribution is -2.42. The number of hydrogen-bond acceptors (Lipinski definition) is 3. The molecule has 1 aliphatic heterocycles. The lowest BCUT2D eigenvalue weighted by atomic mass is 9.96. The molecule has 1 aromatic heterocycles. The summed E-state index contributed by atoms with van der Waals surface area (Å²) in [6, 6.07) is 20.9. The van der Waals surface area contributed by atoms with E-state index in [0.29, 0.717) is 43.3 Å². The Kier molecular flexibility index (Phi) is 7.07. The highest BCUT2D eigenvalue weighted by molar-refractivity contribution is 6.30. The molecule has 1 N–H and O–H groups in total. The zero-order valence-corrected chi connectivity index (χ0v) is 18.4. The van der Waals surface area contributed by atoms with Crippen molar-refractivity contribution >= 4 is 29.5 Å². The Hall–Kier alpha value is -3.31. The van der Waals surface area contributed by atoms with Gasteiger partial charge in [0.15, 0.2) is 0 Å². The Morgan fingerprint density at radius 2 is 1.72 bits per heavy atom. The lowest BCUT2D eigenvalue weighted by molar-refractivity contribution is -0.132. The van der Waals surface area contributed by atoms with Crippen LogP contribution in [0.4, 0.5) is 0 Å². The number of carbonyl (C=O) groups excluding carboxylic acids is 2. The molecular weight excluding hydrogens is 424 g/mol. The van der Waals surface area contributed by atoms with Gasteiger partial charge in [0.25, 0.3) is 0 Å². The Morgan fingerprint density at radius 3 is 2.44 bits per heavy atom. The predicted octanol–water partition coefficient (Wildman–Crippen LogP) is 5.17. The smallest absolute Gasteiger partial charge is 0.246 e. The lowest BCUT2D eigenvalue weighted by Gasteiger charge is -2.30.